The second-order valence-electron chi connectivity index (χ2n) is 8.21. The first-order chi connectivity index (χ1) is 16.7. The van der Waals surface area contributed by atoms with Crippen LogP contribution in [-0.2, 0) is 0 Å². The van der Waals surface area contributed by atoms with Gasteiger partial charge < -0.3 is 9.84 Å². The molecule has 0 aliphatic heterocycles. The Labute approximate surface area is 194 Å². The molecule has 1 aliphatic carbocycles. The van der Waals surface area contributed by atoms with Gasteiger partial charge in [-0.3, -0.25) is 0 Å². The van der Waals surface area contributed by atoms with Crippen molar-refractivity contribution in [2.75, 3.05) is 0 Å². The van der Waals surface area contributed by atoms with Crippen molar-refractivity contribution in [3.8, 4) is 34.0 Å². The van der Waals surface area contributed by atoms with Gasteiger partial charge in [-0.05, 0) is 47.4 Å². The molecule has 2 N–H and O–H groups in total. The number of hydrogen-bond donors (Lipinski definition) is 2. The van der Waals surface area contributed by atoms with Crippen molar-refractivity contribution < 1.29 is 14.6 Å². The summed E-state index contributed by atoms with van der Waals surface area (Å²) in [5, 5.41) is 25.0. The minimum Gasteiger partial charge on any atom is -0.478 e. The minimum atomic E-state index is -1.03. The number of tetrazole rings is 1. The molecule has 34 heavy (non-hydrogen) atoms. The highest BCUT2D eigenvalue weighted by Gasteiger charge is 2.33. The molecule has 166 valence electrons. The maximum absolute atomic E-state index is 12.3. The summed E-state index contributed by atoms with van der Waals surface area (Å²) in [6.45, 7) is 0. The highest BCUT2D eigenvalue weighted by Crippen LogP contribution is 2.47. The Morgan fingerprint density at radius 2 is 1.68 bits per heavy atom. The normalized spacial score (nSPS) is 13.2. The molecule has 1 saturated carbocycles. The van der Waals surface area contributed by atoms with Gasteiger partial charge in [0.25, 0.3) is 0 Å². The first kappa shape index (κ1) is 20.0. The van der Waals surface area contributed by atoms with E-state index in [2.05, 4.69) is 20.6 Å². The van der Waals surface area contributed by atoms with Crippen molar-refractivity contribution >= 4 is 16.9 Å². The van der Waals surface area contributed by atoms with E-state index in [0.29, 0.717) is 33.9 Å². The van der Waals surface area contributed by atoms with Gasteiger partial charge in [-0.25, -0.2) is 9.78 Å². The van der Waals surface area contributed by atoms with E-state index in [1.54, 1.807) is 6.07 Å². The highest BCUT2D eigenvalue weighted by molar-refractivity contribution is 6.05. The third kappa shape index (κ3) is 3.55. The third-order valence-corrected chi connectivity index (χ3v) is 5.95. The number of H-pyrrole nitrogens is 1. The van der Waals surface area contributed by atoms with Gasteiger partial charge in [0.1, 0.15) is 11.3 Å². The molecule has 0 radical (unpaired) electrons. The largest absolute Gasteiger partial charge is 0.478 e. The predicted molar refractivity (Wildman–Crippen MR) is 126 cm³/mol. The van der Waals surface area contributed by atoms with E-state index in [1.807, 2.05) is 66.7 Å². The number of aromatic amines is 1. The van der Waals surface area contributed by atoms with Crippen LogP contribution in [0.5, 0.6) is 11.5 Å². The zero-order chi connectivity index (χ0) is 23.1. The van der Waals surface area contributed by atoms with Crippen molar-refractivity contribution in [1.82, 2.24) is 25.6 Å². The molecule has 0 bridgehead atoms. The Hall–Kier alpha value is -4.59. The molecular weight excluding hydrogens is 430 g/mol. The van der Waals surface area contributed by atoms with Gasteiger partial charge in [0, 0.05) is 16.9 Å². The van der Waals surface area contributed by atoms with Crippen molar-refractivity contribution in [2.24, 2.45) is 0 Å². The second-order valence-corrected chi connectivity index (χ2v) is 8.21. The fourth-order valence-electron chi connectivity index (χ4n) is 4.19. The van der Waals surface area contributed by atoms with Crippen LogP contribution in [0.15, 0.2) is 72.8 Å². The van der Waals surface area contributed by atoms with Gasteiger partial charge in [-0.2, -0.15) is 5.21 Å². The molecule has 1 aliphatic rings. The number of pyridine rings is 1. The summed E-state index contributed by atoms with van der Waals surface area (Å²) in [5.41, 5.74) is 4.29. The third-order valence-electron chi connectivity index (χ3n) is 5.95. The van der Waals surface area contributed by atoms with E-state index in [0.717, 1.165) is 29.5 Å². The summed E-state index contributed by atoms with van der Waals surface area (Å²) in [6, 6.07) is 22.6. The summed E-state index contributed by atoms with van der Waals surface area (Å²) in [4.78, 5) is 17.1. The van der Waals surface area contributed by atoms with Gasteiger partial charge in [0.05, 0.1) is 11.2 Å². The molecule has 3 aromatic carbocycles. The molecule has 8 heteroatoms. The van der Waals surface area contributed by atoms with Gasteiger partial charge in [0.15, 0.2) is 5.75 Å². The number of nitrogens with zero attached hydrogens (tertiary/aromatic N) is 4. The Morgan fingerprint density at radius 3 is 2.38 bits per heavy atom. The lowest BCUT2D eigenvalue weighted by atomic mass is 9.99. The lowest BCUT2D eigenvalue weighted by Crippen LogP contribution is -2.06. The SMILES string of the molecule is O=C(O)c1c(Oc2ccc(-c3ccccc3-c3nn[nH]n3)cc2)c(C2CC2)nc2ccccc12. The number of nitrogens with one attached hydrogen (secondary N) is 1. The average molecular weight is 449 g/mol. The number of benzene rings is 3. The first-order valence-corrected chi connectivity index (χ1v) is 11.0. The standard InChI is InChI=1S/C26H19N5O3/c32-26(33)22-20-7-3-4-8-21(20)27-23(16-9-10-16)24(22)34-17-13-11-15(12-14-17)18-5-1-2-6-19(18)25-28-30-31-29-25/h1-8,11-14,16H,9-10H2,(H,32,33)(H,28,29,30,31). The van der Waals surface area contributed by atoms with Crippen LogP contribution in [0.3, 0.4) is 0 Å². The number of carboxylic acids is 1. The molecule has 0 saturated heterocycles. The monoisotopic (exact) mass is 449 g/mol. The fraction of sp³-hybridized carbons (Fsp3) is 0.115. The lowest BCUT2D eigenvalue weighted by Gasteiger charge is -2.16. The van der Waals surface area contributed by atoms with Gasteiger partial charge in [-0.1, -0.05) is 54.6 Å². The fourth-order valence-corrected chi connectivity index (χ4v) is 4.19. The van der Waals surface area contributed by atoms with Crippen molar-refractivity contribution in [2.45, 2.75) is 18.8 Å². The molecule has 0 unspecified atom stereocenters. The summed E-state index contributed by atoms with van der Waals surface area (Å²) in [5.74, 6) is 0.578. The average Bonchev–Trinajstić information content (AvgIpc) is 3.57. The van der Waals surface area contributed by atoms with E-state index in [-0.39, 0.29) is 11.5 Å². The summed E-state index contributed by atoms with van der Waals surface area (Å²) in [7, 11) is 0. The number of rotatable bonds is 6. The molecule has 0 atom stereocenters. The maximum Gasteiger partial charge on any atom is 0.340 e. The lowest BCUT2D eigenvalue weighted by molar-refractivity contribution is 0.0696. The van der Waals surface area contributed by atoms with Crippen molar-refractivity contribution in [1.29, 1.82) is 0 Å². The maximum atomic E-state index is 12.3. The van der Waals surface area contributed by atoms with Crippen molar-refractivity contribution in [3.05, 3.63) is 84.1 Å². The van der Waals surface area contributed by atoms with Crippen LogP contribution in [0, 0.1) is 0 Å². The molecule has 2 aromatic heterocycles. The number of aromatic nitrogens is 5. The minimum absolute atomic E-state index is 0.152. The van der Waals surface area contributed by atoms with Gasteiger partial charge in [-0.15, -0.1) is 10.2 Å². The quantitative estimate of drug-likeness (QED) is 0.354. The zero-order valence-electron chi connectivity index (χ0n) is 18.0. The number of fused-ring (bicyclic) bond motifs is 1. The molecule has 6 rings (SSSR count). The van der Waals surface area contributed by atoms with Crippen LogP contribution in [-0.4, -0.2) is 36.7 Å². The van der Waals surface area contributed by atoms with Crippen LogP contribution >= 0.6 is 0 Å². The van der Waals surface area contributed by atoms with E-state index in [1.165, 1.54) is 0 Å². The Kier molecular flexibility index (Phi) is 4.76. The Balaban J connectivity index is 1.40. The molecule has 8 nitrogen and oxygen atoms in total. The van der Waals surface area contributed by atoms with Crippen LogP contribution < -0.4 is 4.74 Å². The number of hydrogen-bond acceptors (Lipinski definition) is 6. The summed E-state index contributed by atoms with van der Waals surface area (Å²) in [6.07, 6.45) is 1.96. The number of para-hydroxylation sites is 1. The van der Waals surface area contributed by atoms with E-state index in [4.69, 9.17) is 9.72 Å². The molecule has 0 amide bonds. The van der Waals surface area contributed by atoms with E-state index < -0.39 is 5.97 Å². The number of ether oxygens (including phenoxy) is 1. The van der Waals surface area contributed by atoms with Crippen LogP contribution in [0.25, 0.3) is 33.4 Å². The van der Waals surface area contributed by atoms with Gasteiger partial charge >= 0.3 is 5.97 Å². The smallest absolute Gasteiger partial charge is 0.340 e. The highest BCUT2D eigenvalue weighted by atomic mass is 16.5. The predicted octanol–water partition coefficient (Wildman–Crippen LogP) is 5.45. The molecular formula is C26H19N5O3. The van der Waals surface area contributed by atoms with E-state index >= 15 is 0 Å². The Morgan fingerprint density at radius 1 is 0.941 bits per heavy atom. The zero-order valence-corrected chi connectivity index (χ0v) is 18.0. The molecule has 1 fully saturated rings. The number of carboxylic acid groups (broad SMARTS) is 1. The van der Waals surface area contributed by atoms with Crippen LogP contribution in [0.4, 0.5) is 0 Å². The van der Waals surface area contributed by atoms with Gasteiger partial charge in [0.2, 0.25) is 5.82 Å². The summed E-state index contributed by atoms with van der Waals surface area (Å²) >= 11 is 0. The Bertz CT molecular complexity index is 1510. The number of carbonyl (C=O) groups is 1. The first-order valence-electron chi connectivity index (χ1n) is 11.0. The molecule has 0 spiro atoms. The summed E-state index contributed by atoms with van der Waals surface area (Å²) < 4.78 is 6.22. The molecule has 5 aromatic rings. The second kappa shape index (κ2) is 8.08. The molecule has 2 heterocycles. The van der Waals surface area contributed by atoms with Crippen molar-refractivity contribution in [3.63, 3.8) is 0 Å². The number of aromatic carboxylic acids is 1. The topological polar surface area (TPSA) is 114 Å². The van der Waals surface area contributed by atoms with Crippen LogP contribution in [0.2, 0.25) is 0 Å². The van der Waals surface area contributed by atoms with E-state index in [9.17, 15) is 9.90 Å². The van der Waals surface area contributed by atoms with Crippen LogP contribution in [0.1, 0.15) is 34.8 Å².